The van der Waals surface area contributed by atoms with E-state index in [1.165, 1.54) is 25.5 Å². The summed E-state index contributed by atoms with van der Waals surface area (Å²) < 4.78 is 22.6. The van der Waals surface area contributed by atoms with Crippen molar-refractivity contribution in [3.05, 3.63) is 35.4 Å². The zero-order valence-electron chi connectivity index (χ0n) is 13.4. The summed E-state index contributed by atoms with van der Waals surface area (Å²) in [6.07, 6.45) is 7.05. The SMILES string of the molecule is CCN(C(=O)c1ccc(CS(C)(=O)=O)cc1)C1CCCCC1. The van der Waals surface area contributed by atoms with E-state index in [2.05, 4.69) is 0 Å². The Bertz CT molecular complexity index is 601. The molecule has 0 N–H and O–H groups in total. The van der Waals surface area contributed by atoms with Gasteiger partial charge in [0.05, 0.1) is 5.75 Å². The first kappa shape index (κ1) is 17.0. The molecule has 122 valence electrons. The number of rotatable bonds is 5. The number of carbonyl (C=O) groups excluding carboxylic acids is 1. The van der Waals surface area contributed by atoms with E-state index < -0.39 is 9.84 Å². The highest BCUT2D eigenvalue weighted by atomic mass is 32.2. The van der Waals surface area contributed by atoms with Crippen LogP contribution in [-0.4, -0.2) is 38.1 Å². The van der Waals surface area contributed by atoms with Gasteiger partial charge in [-0.05, 0) is 37.5 Å². The molecule has 1 aliphatic rings. The van der Waals surface area contributed by atoms with Crippen molar-refractivity contribution in [3.8, 4) is 0 Å². The number of benzene rings is 1. The molecular weight excluding hydrogens is 298 g/mol. The second kappa shape index (κ2) is 7.27. The van der Waals surface area contributed by atoms with E-state index in [1.54, 1.807) is 24.3 Å². The van der Waals surface area contributed by atoms with E-state index in [0.717, 1.165) is 18.4 Å². The van der Waals surface area contributed by atoms with E-state index in [1.807, 2.05) is 11.8 Å². The van der Waals surface area contributed by atoms with Crippen LogP contribution in [0.5, 0.6) is 0 Å². The summed E-state index contributed by atoms with van der Waals surface area (Å²) in [5.74, 6) is 0.0713. The van der Waals surface area contributed by atoms with Crippen LogP contribution < -0.4 is 0 Å². The van der Waals surface area contributed by atoms with Gasteiger partial charge in [-0.2, -0.15) is 0 Å². The molecule has 0 spiro atoms. The van der Waals surface area contributed by atoms with Crippen molar-refractivity contribution in [2.24, 2.45) is 0 Å². The van der Waals surface area contributed by atoms with E-state index >= 15 is 0 Å². The van der Waals surface area contributed by atoms with Gasteiger partial charge in [0, 0.05) is 24.4 Å². The molecule has 1 fully saturated rings. The van der Waals surface area contributed by atoms with Crippen LogP contribution in [0, 0.1) is 0 Å². The summed E-state index contributed by atoms with van der Waals surface area (Å²) >= 11 is 0. The minimum Gasteiger partial charge on any atom is -0.336 e. The third kappa shape index (κ3) is 4.57. The molecule has 0 radical (unpaired) electrons. The van der Waals surface area contributed by atoms with Gasteiger partial charge in [0.1, 0.15) is 0 Å². The fourth-order valence-electron chi connectivity index (χ4n) is 3.17. The Hall–Kier alpha value is -1.36. The molecular formula is C17H25NO3S. The topological polar surface area (TPSA) is 54.5 Å². The van der Waals surface area contributed by atoms with Crippen LogP contribution in [0.1, 0.15) is 54.9 Å². The molecule has 4 nitrogen and oxygen atoms in total. The summed E-state index contributed by atoms with van der Waals surface area (Å²) in [5.41, 5.74) is 1.37. The predicted octanol–water partition coefficient (Wildman–Crippen LogP) is 3.03. The van der Waals surface area contributed by atoms with Crippen molar-refractivity contribution < 1.29 is 13.2 Å². The highest BCUT2D eigenvalue weighted by molar-refractivity contribution is 7.89. The van der Waals surface area contributed by atoms with Crippen LogP contribution in [0.15, 0.2) is 24.3 Å². The molecule has 0 aliphatic heterocycles. The molecule has 0 atom stereocenters. The summed E-state index contributed by atoms with van der Waals surface area (Å²) in [6.45, 7) is 2.74. The molecule has 0 aromatic heterocycles. The lowest BCUT2D eigenvalue weighted by atomic mass is 9.93. The van der Waals surface area contributed by atoms with Gasteiger partial charge in [-0.3, -0.25) is 4.79 Å². The van der Waals surface area contributed by atoms with Crippen LogP contribution in [0.2, 0.25) is 0 Å². The van der Waals surface area contributed by atoms with Gasteiger partial charge >= 0.3 is 0 Å². The highest BCUT2D eigenvalue weighted by Gasteiger charge is 2.24. The first-order valence-corrected chi connectivity index (χ1v) is 10.0. The normalized spacial score (nSPS) is 16.5. The van der Waals surface area contributed by atoms with Gasteiger partial charge in [-0.25, -0.2) is 8.42 Å². The summed E-state index contributed by atoms with van der Waals surface area (Å²) in [6, 6.07) is 7.32. The Morgan fingerprint density at radius 1 is 1.14 bits per heavy atom. The third-order valence-electron chi connectivity index (χ3n) is 4.25. The lowest BCUT2D eigenvalue weighted by Crippen LogP contribution is -2.41. The minimum absolute atomic E-state index is 0.0155. The largest absolute Gasteiger partial charge is 0.336 e. The van der Waals surface area contributed by atoms with Crippen LogP contribution >= 0.6 is 0 Å². The number of hydrogen-bond acceptors (Lipinski definition) is 3. The van der Waals surface area contributed by atoms with Gasteiger partial charge in [-0.15, -0.1) is 0 Å². The van der Waals surface area contributed by atoms with E-state index in [4.69, 9.17) is 0 Å². The first-order chi connectivity index (χ1) is 10.4. The predicted molar refractivity (Wildman–Crippen MR) is 88.6 cm³/mol. The van der Waals surface area contributed by atoms with Crippen LogP contribution in [0.3, 0.4) is 0 Å². The minimum atomic E-state index is -3.04. The van der Waals surface area contributed by atoms with Gasteiger partial charge in [0.2, 0.25) is 0 Å². The maximum absolute atomic E-state index is 12.7. The zero-order chi connectivity index (χ0) is 16.2. The van der Waals surface area contributed by atoms with Crippen LogP contribution in [0.4, 0.5) is 0 Å². The summed E-state index contributed by atoms with van der Waals surface area (Å²) in [7, 11) is -3.04. The maximum Gasteiger partial charge on any atom is 0.254 e. The Balaban J connectivity index is 2.10. The second-order valence-corrected chi connectivity index (χ2v) is 8.29. The first-order valence-electron chi connectivity index (χ1n) is 7.98. The second-order valence-electron chi connectivity index (χ2n) is 6.15. The average Bonchev–Trinajstić information content (AvgIpc) is 2.48. The molecule has 2 rings (SSSR count). The quantitative estimate of drug-likeness (QED) is 0.837. The number of carbonyl (C=O) groups is 1. The van der Waals surface area contributed by atoms with Gasteiger partial charge < -0.3 is 4.90 Å². The molecule has 1 saturated carbocycles. The number of nitrogens with zero attached hydrogens (tertiary/aromatic N) is 1. The smallest absolute Gasteiger partial charge is 0.254 e. The molecule has 0 bridgehead atoms. The molecule has 22 heavy (non-hydrogen) atoms. The summed E-state index contributed by atoms with van der Waals surface area (Å²) in [4.78, 5) is 14.6. The Morgan fingerprint density at radius 3 is 2.23 bits per heavy atom. The Labute approximate surface area is 133 Å². The molecule has 0 unspecified atom stereocenters. The number of sulfone groups is 1. The highest BCUT2D eigenvalue weighted by Crippen LogP contribution is 2.24. The molecule has 1 amide bonds. The summed E-state index contributed by atoms with van der Waals surface area (Å²) in [5, 5.41) is 0. The van der Waals surface area contributed by atoms with Crippen LogP contribution in [0.25, 0.3) is 0 Å². The monoisotopic (exact) mass is 323 g/mol. The Kier molecular flexibility index (Phi) is 5.62. The number of hydrogen-bond donors (Lipinski definition) is 0. The van der Waals surface area contributed by atoms with Gasteiger partial charge in [0.15, 0.2) is 9.84 Å². The fraction of sp³-hybridized carbons (Fsp3) is 0.588. The third-order valence-corrected chi connectivity index (χ3v) is 5.10. The molecule has 1 aromatic carbocycles. The molecule has 5 heteroatoms. The van der Waals surface area contributed by atoms with Crippen molar-refractivity contribution in [2.75, 3.05) is 12.8 Å². The van der Waals surface area contributed by atoms with E-state index in [9.17, 15) is 13.2 Å². The van der Waals surface area contributed by atoms with Crippen molar-refractivity contribution in [3.63, 3.8) is 0 Å². The Morgan fingerprint density at radius 2 is 1.73 bits per heavy atom. The van der Waals surface area contributed by atoms with Crippen LogP contribution in [-0.2, 0) is 15.6 Å². The van der Waals surface area contributed by atoms with Crippen molar-refractivity contribution in [1.29, 1.82) is 0 Å². The van der Waals surface area contributed by atoms with E-state index in [-0.39, 0.29) is 11.7 Å². The zero-order valence-corrected chi connectivity index (χ0v) is 14.2. The van der Waals surface area contributed by atoms with E-state index in [0.29, 0.717) is 18.2 Å². The van der Waals surface area contributed by atoms with Crippen molar-refractivity contribution in [2.45, 2.75) is 50.8 Å². The lowest BCUT2D eigenvalue weighted by Gasteiger charge is -2.33. The van der Waals surface area contributed by atoms with Gasteiger partial charge in [0.25, 0.3) is 5.91 Å². The molecule has 1 aliphatic carbocycles. The van der Waals surface area contributed by atoms with Crippen molar-refractivity contribution >= 4 is 15.7 Å². The van der Waals surface area contributed by atoms with Gasteiger partial charge in [-0.1, -0.05) is 31.4 Å². The molecule has 1 aromatic rings. The fourth-order valence-corrected chi connectivity index (χ4v) is 3.97. The van der Waals surface area contributed by atoms with Crippen molar-refractivity contribution in [1.82, 2.24) is 4.90 Å². The number of amides is 1. The lowest BCUT2D eigenvalue weighted by molar-refractivity contribution is 0.0648. The molecule has 0 heterocycles. The standard InChI is InChI=1S/C17H25NO3S/c1-3-18(16-7-5-4-6-8-16)17(19)15-11-9-14(10-12-15)13-22(2,20)21/h9-12,16H,3-8,13H2,1-2H3. The average molecular weight is 323 g/mol. The molecule has 0 saturated heterocycles. The maximum atomic E-state index is 12.7.